The summed E-state index contributed by atoms with van der Waals surface area (Å²) in [5.41, 5.74) is 6.40. The summed E-state index contributed by atoms with van der Waals surface area (Å²) >= 11 is 0. The molecule has 1 saturated heterocycles. The van der Waals surface area contributed by atoms with Gasteiger partial charge in [0.05, 0.1) is 6.61 Å². The summed E-state index contributed by atoms with van der Waals surface area (Å²) in [6, 6.07) is 7.51. The van der Waals surface area contributed by atoms with Gasteiger partial charge in [-0.05, 0) is 61.9 Å². The number of likely N-dealkylation sites (tertiary alicyclic amines) is 1. The number of nitrogens with two attached hydrogens (primary N) is 1. The highest BCUT2D eigenvalue weighted by Crippen LogP contribution is 2.29. The molecule has 1 amide bonds. The fourth-order valence-electron chi connectivity index (χ4n) is 2.58. The molecule has 1 saturated carbocycles. The third-order valence-electron chi connectivity index (χ3n) is 4.19. The zero-order valence-corrected chi connectivity index (χ0v) is 11.8. The quantitative estimate of drug-likeness (QED) is 0.892. The summed E-state index contributed by atoms with van der Waals surface area (Å²) in [6.07, 6.45) is 3.59. The molecule has 0 radical (unpaired) electrons. The third kappa shape index (κ3) is 3.12. The average molecular weight is 274 g/mol. The Hall–Kier alpha value is -1.55. The van der Waals surface area contributed by atoms with Gasteiger partial charge in [0.1, 0.15) is 5.75 Å². The van der Waals surface area contributed by atoms with Crippen molar-refractivity contribution >= 4 is 5.91 Å². The van der Waals surface area contributed by atoms with E-state index in [0.717, 1.165) is 43.3 Å². The summed E-state index contributed by atoms with van der Waals surface area (Å²) in [6.45, 7) is 3.07. The highest BCUT2D eigenvalue weighted by atomic mass is 16.5. The number of amides is 1. The lowest BCUT2D eigenvalue weighted by Gasteiger charge is -2.16. The first-order valence-corrected chi connectivity index (χ1v) is 7.48. The Morgan fingerprint density at radius 2 is 1.95 bits per heavy atom. The van der Waals surface area contributed by atoms with Crippen LogP contribution in [0.1, 0.15) is 29.6 Å². The van der Waals surface area contributed by atoms with Gasteiger partial charge in [-0.3, -0.25) is 4.79 Å². The molecule has 0 aromatic heterocycles. The number of hydrogen-bond donors (Lipinski definition) is 1. The number of benzene rings is 1. The Bertz CT molecular complexity index is 468. The first-order valence-electron chi connectivity index (χ1n) is 7.48. The van der Waals surface area contributed by atoms with Crippen molar-refractivity contribution in [3.05, 3.63) is 29.8 Å². The molecule has 3 rings (SSSR count). The van der Waals surface area contributed by atoms with E-state index in [1.807, 2.05) is 29.2 Å². The van der Waals surface area contributed by atoms with Crippen molar-refractivity contribution in [3.63, 3.8) is 0 Å². The van der Waals surface area contributed by atoms with E-state index in [0.29, 0.717) is 12.5 Å². The van der Waals surface area contributed by atoms with Gasteiger partial charge in [0.2, 0.25) is 0 Å². The highest BCUT2D eigenvalue weighted by molar-refractivity contribution is 5.94. The fourth-order valence-corrected chi connectivity index (χ4v) is 2.58. The summed E-state index contributed by atoms with van der Waals surface area (Å²) in [5, 5.41) is 0. The van der Waals surface area contributed by atoms with Gasteiger partial charge in [0, 0.05) is 18.7 Å². The molecule has 1 atom stereocenters. The largest absolute Gasteiger partial charge is 0.493 e. The number of hydrogen-bond acceptors (Lipinski definition) is 3. The molecule has 1 aliphatic heterocycles. The van der Waals surface area contributed by atoms with Crippen molar-refractivity contribution in [1.82, 2.24) is 4.90 Å². The molecular formula is C16H22N2O2. The molecule has 2 aliphatic rings. The number of carbonyl (C=O) groups excluding carboxylic acids is 1. The number of carbonyl (C=O) groups is 1. The maximum Gasteiger partial charge on any atom is 0.253 e. The lowest BCUT2D eigenvalue weighted by Crippen LogP contribution is -2.29. The predicted octanol–water partition coefficient (Wildman–Crippen LogP) is 1.90. The molecular weight excluding hydrogens is 252 g/mol. The molecule has 20 heavy (non-hydrogen) atoms. The van der Waals surface area contributed by atoms with Crippen molar-refractivity contribution < 1.29 is 9.53 Å². The van der Waals surface area contributed by atoms with Crippen LogP contribution in [0.5, 0.6) is 5.75 Å². The van der Waals surface area contributed by atoms with E-state index < -0.39 is 0 Å². The Labute approximate surface area is 119 Å². The van der Waals surface area contributed by atoms with Crippen LogP contribution >= 0.6 is 0 Å². The monoisotopic (exact) mass is 274 g/mol. The summed E-state index contributed by atoms with van der Waals surface area (Å²) in [4.78, 5) is 14.2. The van der Waals surface area contributed by atoms with E-state index in [1.165, 1.54) is 12.8 Å². The SMILES string of the molecule is NC[C@@H]1CCN(C(=O)c2ccc(OCC3CC3)cc2)C1. The van der Waals surface area contributed by atoms with Crippen LogP contribution in [0.25, 0.3) is 0 Å². The summed E-state index contributed by atoms with van der Waals surface area (Å²) in [7, 11) is 0. The lowest BCUT2D eigenvalue weighted by molar-refractivity contribution is 0.0787. The molecule has 1 aliphatic carbocycles. The predicted molar refractivity (Wildman–Crippen MR) is 77.7 cm³/mol. The molecule has 0 unspecified atom stereocenters. The molecule has 0 spiro atoms. The van der Waals surface area contributed by atoms with Crippen LogP contribution < -0.4 is 10.5 Å². The molecule has 4 heteroatoms. The van der Waals surface area contributed by atoms with E-state index in [9.17, 15) is 4.79 Å². The van der Waals surface area contributed by atoms with E-state index in [2.05, 4.69) is 0 Å². The van der Waals surface area contributed by atoms with Gasteiger partial charge in [-0.1, -0.05) is 0 Å². The smallest absolute Gasteiger partial charge is 0.253 e. The van der Waals surface area contributed by atoms with Crippen molar-refractivity contribution in [2.24, 2.45) is 17.6 Å². The van der Waals surface area contributed by atoms with E-state index in [-0.39, 0.29) is 5.91 Å². The minimum atomic E-state index is 0.106. The van der Waals surface area contributed by atoms with Gasteiger partial charge in [-0.25, -0.2) is 0 Å². The van der Waals surface area contributed by atoms with Crippen molar-refractivity contribution in [2.75, 3.05) is 26.2 Å². The minimum absolute atomic E-state index is 0.106. The summed E-state index contributed by atoms with van der Waals surface area (Å²) < 4.78 is 5.68. The molecule has 0 bridgehead atoms. The first-order chi connectivity index (χ1) is 9.76. The average Bonchev–Trinajstić information content (AvgIpc) is 3.20. The fraction of sp³-hybridized carbons (Fsp3) is 0.562. The van der Waals surface area contributed by atoms with Crippen LogP contribution in [-0.2, 0) is 0 Å². The van der Waals surface area contributed by atoms with Crippen LogP contribution in [-0.4, -0.2) is 37.0 Å². The van der Waals surface area contributed by atoms with E-state index in [4.69, 9.17) is 10.5 Å². The molecule has 108 valence electrons. The second-order valence-electron chi connectivity index (χ2n) is 5.92. The number of nitrogens with zero attached hydrogens (tertiary/aromatic N) is 1. The zero-order valence-electron chi connectivity index (χ0n) is 11.8. The Balaban J connectivity index is 1.57. The first kappa shape index (κ1) is 13.4. The normalized spacial score (nSPS) is 22.1. The van der Waals surface area contributed by atoms with Crippen LogP contribution in [0.3, 0.4) is 0 Å². The van der Waals surface area contributed by atoms with E-state index in [1.54, 1.807) is 0 Å². The Kier molecular flexibility index (Phi) is 3.92. The van der Waals surface area contributed by atoms with Crippen LogP contribution in [0.4, 0.5) is 0 Å². The topological polar surface area (TPSA) is 55.6 Å². The maximum absolute atomic E-state index is 12.3. The van der Waals surface area contributed by atoms with E-state index >= 15 is 0 Å². The van der Waals surface area contributed by atoms with Gasteiger partial charge >= 0.3 is 0 Å². The minimum Gasteiger partial charge on any atom is -0.493 e. The zero-order chi connectivity index (χ0) is 13.9. The van der Waals surface area contributed by atoms with Gasteiger partial charge < -0.3 is 15.4 Å². The molecule has 1 aromatic rings. The molecule has 2 fully saturated rings. The van der Waals surface area contributed by atoms with Crippen LogP contribution in [0.2, 0.25) is 0 Å². The number of ether oxygens (including phenoxy) is 1. The standard InChI is InChI=1S/C16H22N2O2/c17-9-13-7-8-18(10-13)16(19)14-3-5-15(6-4-14)20-11-12-1-2-12/h3-6,12-13H,1-2,7-11,17H2/t13-/m0/s1. The summed E-state index contributed by atoms with van der Waals surface area (Å²) in [5.74, 6) is 2.17. The van der Waals surface area contributed by atoms with Crippen LogP contribution in [0.15, 0.2) is 24.3 Å². The van der Waals surface area contributed by atoms with Crippen molar-refractivity contribution in [1.29, 1.82) is 0 Å². The van der Waals surface area contributed by atoms with Gasteiger partial charge in [-0.15, -0.1) is 0 Å². The Morgan fingerprint density at radius 3 is 2.55 bits per heavy atom. The van der Waals surface area contributed by atoms with Crippen LogP contribution in [0, 0.1) is 11.8 Å². The molecule has 1 heterocycles. The maximum atomic E-state index is 12.3. The number of rotatable bonds is 5. The van der Waals surface area contributed by atoms with Gasteiger partial charge in [0.25, 0.3) is 5.91 Å². The Morgan fingerprint density at radius 1 is 1.20 bits per heavy atom. The van der Waals surface area contributed by atoms with Crippen molar-refractivity contribution in [2.45, 2.75) is 19.3 Å². The second kappa shape index (κ2) is 5.83. The van der Waals surface area contributed by atoms with Gasteiger partial charge in [-0.2, -0.15) is 0 Å². The highest BCUT2D eigenvalue weighted by Gasteiger charge is 2.26. The third-order valence-corrected chi connectivity index (χ3v) is 4.19. The lowest BCUT2D eigenvalue weighted by atomic mass is 10.1. The molecule has 2 N–H and O–H groups in total. The van der Waals surface area contributed by atoms with Crippen molar-refractivity contribution in [3.8, 4) is 5.75 Å². The molecule has 1 aromatic carbocycles. The second-order valence-corrected chi connectivity index (χ2v) is 5.92. The molecule has 4 nitrogen and oxygen atoms in total. The van der Waals surface area contributed by atoms with Gasteiger partial charge in [0.15, 0.2) is 0 Å².